The van der Waals surface area contributed by atoms with E-state index in [1.54, 1.807) is 0 Å². The largest absolute Gasteiger partial charge is 0.439 e. The normalized spacial score (nSPS) is 14.8. The minimum Gasteiger partial charge on any atom is -0.439 e. The molecule has 1 aliphatic heterocycles. The number of hydrogen-bond acceptors (Lipinski definition) is 7. The second-order valence-corrected chi connectivity index (χ2v) is 8.58. The van der Waals surface area contributed by atoms with Gasteiger partial charge in [-0.25, -0.2) is 14.7 Å². The molecule has 9 heteroatoms. The number of carbonyl (C=O) groups excluding carboxylic acids is 3. The molecule has 0 bridgehead atoms. The maximum Gasteiger partial charge on any atom is 0.417 e. The molecule has 1 aliphatic rings. The zero-order valence-corrected chi connectivity index (χ0v) is 16.9. The third-order valence-electron chi connectivity index (χ3n) is 4.34. The molecule has 1 saturated heterocycles. The van der Waals surface area contributed by atoms with Crippen LogP contribution in [0.4, 0.5) is 4.79 Å². The Morgan fingerprint density at radius 1 is 1.17 bits per heavy atom. The number of nitrogens with one attached hydrogen (secondary N) is 1. The van der Waals surface area contributed by atoms with E-state index in [9.17, 15) is 14.4 Å². The van der Waals surface area contributed by atoms with Gasteiger partial charge in [0.1, 0.15) is 0 Å². The Hall–Kier alpha value is -2.91. The quantitative estimate of drug-likeness (QED) is 0.583. The van der Waals surface area contributed by atoms with Gasteiger partial charge in [0.15, 0.2) is 10.9 Å². The molecule has 2 heterocycles. The first kappa shape index (κ1) is 19.4. The molecule has 4 rings (SSSR count). The predicted molar refractivity (Wildman–Crippen MR) is 111 cm³/mol. The fraction of sp³-hybridized carbons (Fsp3) is 0.200. The maximum atomic E-state index is 12.6. The lowest BCUT2D eigenvalue weighted by Gasteiger charge is -2.22. The van der Waals surface area contributed by atoms with Gasteiger partial charge in [0, 0.05) is 0 Å². The number of rotatable bonds is 7. The van der Waals surface area contributed by atoms with Gasteiger partial charge in [-0.15, -0.1) is 11.3 Å². The fourth-order valence-electron chi connectivity index (χ4n) is 2.94. The van der Waals surface area contributed by atoms with Crippen LogP contribution in [0.15, 0.2) is 58.9 Å². The third-order valence-corrected chi connectivity index (χ3v) is 6.52. The average Bonchev–Trinajstić information content (AvgIpc) is 3.30. The van der Waals surface area contributed by atoms with Gasteiger partial charge in [-0.2, -0.15) is 0 Å². The summed E-state index contributed by atoms with van der Waals surface area (Å²) in [4.78, 5) is 41.8. The van der Waals surface area contributed by atoms with Gasteiger partial charge in [-0.1, -0.05) is 54.2 Å². The lowest BCUT2D eigenvalue weighted by molar-refractivity contribution is -0.127. The van der Waals surface area contributed by atoms with Gasteiger partial charge in [-0.05, 0) is 17.7 Å². The maximum absolute atomic E-state index is 12.6. The Morgan fingerprint density at radius 2 is 1.93 bits per heavy atom. The Bertz CT molecular complexity index is 1010. The van der Waals surface area contributed by atoms with E-state index in [1.807, 2.05) is 54.6 Å². The summed E-state index contributed by atoms with van der Waals surface area (Å²) in [5.41, 5.74) is 1.71. The summed E-state index contributed by atoms with van der Waals surface area (Å²) in [6.07, 6.45) is -0.686. The van der Waals surface area contributed by atoms with Gasteiger partial charge >= 0.3 is 6.09 Å². The van der Waals surface area contributed by atoms with Crippen molar-refractivity contribution in [3.05, 3.63) is 60.2 Å². The number of fused-ring (bicyclic) bond motifs is 1. The van der Waals surface area contributed by atoms with Gasteiger partial charge in [0.05, 0.1) is 28.6 Å². The van der Waals surface area contributed by atoms with Crippen molar-refractivity contribution in [2.75, 3.05) is 18.9 Å². The molecule has 7 nitrogen and oxygen atoms in total. The molecule has 2 aromatic carbocycles. The Balaban J connectivity index is 1.42. The third kappa shape index (κ3) is 4.57. The highest BCUT2D eigenvalue weighted by molar-refractivity contribution is 8.01. The predicted octanol–water partition coefficient (Wildman–Crippen LogP) is 3.22. The van der Waals surface area contributed by atoms with E-state index < -0.39 is 18.0 Å². The van der Waals surface area contributed by atoms with E-state index in [0.717, 1.165) is 25.0 Å². The van der Waals surface area contributed by atoms with Crippen molar-refractivity contribution >= 4 is 51.2 Å². The van der Waals surface area contributed by atoms with Crippen molar-refractivity contribution in [2.24, 2.45) is 0 Å². The summed E-state index contributed by atoms with van der Waals surface area (Å²) in [6, 6.07) is 16.5. The second-order valence-electron chi connectivity index (χ2n) is 6.33. The summed E-state index contributed by atoms with van der Waals surface area (Å²) in [6.45, 7) is -0.235. The molecule has 3 aromatic rings. The van der Waals surface area contributed by atoms with Crippen molar-refractivity contribution in [2.45, 2.75) is 10.4 Å². The topological polar surface area (TPSA) is 88.6 Å². The van der Waals surface area contributed by atoms with E-state index in [4.69, 9.17) is 4.74 Å². The molecule has 0 spiro atoms. The number of carbonyl (C=O) groups is 3. The van der Waals surface area contributed by atoms with Gasteiger partial charge < -0.3 is 10.1 Å². The minimum atomic E-state index is -0.686. The van der Waals surface area contributed by atoms with Crippen molar-refractivity contribution in [3.63, 3.8) is 0 Å². The van der Waals surface area contributed by atoms with E-state index in [-0.39, 0.29) is 24.8 Å². The van der Waals surface area contributed by atoms with Crippen LogP contribution in [0.5, 0.6) is 0 Å². The van der Waals surface area contributed by atoms with Crippen molar-refractivity contribution in [3.8, 4) is 0 Å². The molecule has 0 radical (unpaired) electrons. The molecule has 3 amide bonds. The minimum absolute atomic E-state index is 0.0270. The Kier molecular flexibility index (Phi) is 5.77. The van der Waals surface area contributed by atoms with Crippen LogP contribution in [0, 0.1) is 0 Å². The molecule has 1 unspecified atom stereocenters. The molecule has 148 valence electrons. The summed E-state index contributed by atoms with van der Waals surface area (Å²) in [5, 5.41) is 2.92. The van der Waals surface area contributed by atoms with Crippen LogP contribution in [0.25, 0.3) is 10.2 Å². The van der Waals surface area contributed by atoms with Crippen LogP contribution in [0.3, 0.4) is 0 Å². The van der Waals surface area contributed by atoms with E-state index in [1.165, 1.54) is 23.1 Å². The molecule has 0 saturated carbocycles. The first-order valence-electron chi connectivity index (χ1n) is 8.90. The highest BCUT2D eigenvalue weighted by Crippen LogP contribution is 2.29. The molecule has 0 aliphatic carbocycles. The molecule has 1 atom stereocenters. The number of benzene rings is 2. The zero-order chi connectivity index (χ0) is 20.2. The number of cyclic esters (lactones) is 1. The van der Waals surface area contributed by atoms with Crippen LogP contribution < -0.4 is 5.32 Å². The molecular weight excluding hydrogens is 410 g/mol. The highest BCUT2D eigenvalue weighted by atomic mass is 32.2. The molecular formula is C20H17N3O4S2. The average molecular weight is 428 g/mol. The molecule has 1 aromatic heterocycles. The fourth-order valence-corrected chi connectivity index (χ4v) is 4.82. The first-order valence-corrected chi connectivity index (χ1v) is 10.7. The van der Waals surface area contributed by atoms with Gasteiger partial charge in [-0.3, -0.25) is 9.59 Å². The van der Waals surface area contributed by atoms with Crippen molar-refractivity contribution in [1.29, 1.82) is 0 Å². The van der Waals surface area contributed by atoms with Crippen LogP contribution in [-0.2, 0) is 14.3 Å². The summed E-state index contributed by atoms with van der Waals surface area (Å²) in [5.74, 6) is -0.432. The highest BCUT2D eigenvalue weighted by Gasteiger charge is 2.33. The Labute approximate surface area is 175 Å². The molecule has 29 heavy (non-hydrogen) atoms. The first-order chi connectivity index (χ1) is 14.1. The lowest BCUT2D eigenvalue weighted by Crippen LogP contribution is -2.40. The van der Waals surface area contributed by atoms with E-state index >= 15 is 0 Å². The number of hydrogen-bond donors (Lipinski definition) is 1. The number of thioether (sulfide) groups is 1. The van der Waals surface area contributed by atoms with Crippen molar-refractivity contribution in [1.82, 2.24) is 15.2 Å². The van der Waals surface area contributed by atoms with E-state index in [0.29, 0.717) is 0 Å². The number of amides is 3. The monoisotopic (exact) mass is 427 g/mol. The van der Waals surface area contributed by atoms with Gasteiger partial charge in [0.2, 0.25) is 5.91 Å². The van der Waals surface area contributed by atoms with Crippen LogP contribution in [0.1, 0.15) is 11.6 Å². The smallest absolute Gasteiger partial charge is 0.417 e. The van der Waals surface area contributed by atoms with Crippen LogP contribution in [-0.4, -0.2) is 46.7 Å². The number of imide groups is 1. The second kappa shape index (κ2) is 8.62. The van der Waals surface area contributed by atoms with Gasteiger partial charge in [0.25, 0.3) is 5.91 Å². The molecule has 1 N–H and O–H groups in total. The number of aromatic nitrogens is 1. The lowest BCUT2D eigenvalue weighted by atomic mass is 10.1. The number of ether oxygens (including phenoxy) is 1. The number of nitrogens with zero attached hydrogens (tertiary/aromatic N) is 2. The van der Waals surface area contributed by atoms with Crippen molar-refractivity contribution < 1.29 is 19.1 Å². The molecule has 1 fully saturated rings. The summed E-state index contributed by atoms with van der Waals surface area (Å²) in [7, 11) is 0. The Morgan fingerprint density at radius 3 is 2.66 bits per heavy atom. The summed E-state index contributed by atoms with van der Waals surface area (Å²) >= 11 is 2.90. The standard InChI is InChI=1S/C20H17N3O4S2/c24-17(12-28-19-22-14-8-4-5-9-16(14)29-19)21-15(13-6-2-1-3-7-13)10-23-18(25)11-27-20(23)26/h1-9,15H,10-12H2,(H,21,24). The zero-order valence-electron chi connectivity index (χ0n) is 15.2. The number of thiazole rings is 1. The van der Waals surface area contributed by atoms with E-state index in [2.05, 4.69) is 10.3 Å². The van der Waals surface area contributed by atoms with Crippen LogP contribution >= 0.6 is 23.1 Å². The summed E-state index contributed by atoms with van der Waals surface area (Å²) < 4.78 is 6.66. The SMILES string of the molecule is O=C(CSc1nc2ccccc2s1)NC(CN1C(=O)COC1=O)c1ccccc1. The number of para-hydroxylation sites is 1. The van der Waals surface area contributed by atoms with Crippen LogP contribution in [0.2, 0.25) is 0 Å².